The fourth-order valence-electron chi connectivity index (χ4n) is 2.09. The van der Waals surface area contributed by atoms with Crippen LogP contribution in [0.25, 0.3) is 0 Å². The predicted octanol–water partition coefficient (Wildman–Crippen LogP) is 2.80. The smallest absolute Gasteiger partial charge is 0.422 e. The normalized spacial score (nSPS) is 12.5. The maximum atomic E-state index is 12.2. The number of alkyl halides is 3. The van der Waals surface area contributed by atoms with Crippen molar-refractivity contribution in [3.05, 3.63) is 47.4 Å². The van der Waals surface area contributed by atoms with Crippen LogP contribution < -0.4 is 15.8 Å². The van der Waals surface area contributed by atoms with Crippen molar-refractivity contribution in [2.24, 2.45) is 0 Å². The van der Waals surface area contributed by atoms with Gasteiger partial charge in [-0.05, 0) is 43.7 Å². The lowest BCUT2D eigenvalue weighted by molar-refractivity contribution is -0.153. The van der Waals surface area contributed by atoms with Crippen LogP contribution in [0.3, 0.4) is 0 Å². The van der Waals surface area contributed by atoms with Gasteiger partial charge in [0.15, 0.2) is 6.61 Å². The molecular formula is C16H17F3N4O2. The molecule has 134 valence electrons. The fraction of sp³-hybridized carbons (Fsp3) is 0.312. The molecule has 0 spiro atoms. The number of nitrogens with one attached hydrogen (secondary N) is 1. The molecule has 0 aliphatic carbocycles. The molecule has 0 aliphatic heterocycles. The summed E-state index contributed by atoms with van der Waals surface area (Å²) in [7, 11) is 0. The average molecular weight is 354 g/mol. The van der Waals surface area contributed by atoms with Gasteiger partial charge >= 0.3 is 6.18 Å². The van der Waals surface area contributed by atoms with Gasteiger partial charge in [-0.1, -0.05) is 0 Å². The van der Waals surface area contributed by atoms with E-state index >= 15 is 0 Å². The molecule has 0 aromatic carbocycles. The number of nitrogens with two attached hydrogens (primary N) is 1. The van der Waals surface area contributed by atoms with Gasteiger partial charge in [0.2, 0.25) is 0 Å². The van der Waals surface area contributed by atoms with Gasteiger partial charge in [0.1, 0.15) is 17.3 Å². The van der Waals surface area contributed by atoms with E-state index in [9.17, 15) is 18.0 Å². The summed E-state index contributed by atoms with van der Waals surface area (Å²) < 4.78 is 40.8. The first-order valence-corrected chi connectivity index (χ1v) is 7.34. The monoisotopic (exact) mass is 354 g/mol. The number of hydrogen-bond donors (Lipinski definition) is 2. The second-order valence-corrected chi connectivity index (χ2v) is 5.44. The quantitative estimate of drug-likeness (QED) is 0.862. The van der Waals surface area contributed by atoms with Gasteiger partial charge in [-0.15, -0.1) is 0 Å². The highest BCUT2D eigenvalue weighted by atomic mass is 19.4. The molecule has 3 N–H and O–H groups in total. The topological polar surface area (TPSA) is 90.1 Å². The molecule has 0 aliphatic rings. The van der Waals surface area contributed by atoms with Crippen LogP contribution in [0.4, 0.5) is 19.0 Å². The number of halogens is 3. The molecule has 9 heteroatoms. The minimum atomic E-state index is -4.43. The van der Waals surface area contributed by atoms with E-state index in [0.717, 1.165) is 17.5 Å². The van der Waals surface area contributed by atoms with Crippen LogP contribution in [-0.2, 0) is 0 Å². The Morgan fingerprint density at radius 2 is 2.08 bits per heavy atom. The molecule has 1 amide bonds. The van der Waals surface area contributed by atoms with Gasteiger partial charge in [0, 0.05) is 5.69 Å². The van der Waals surface area contributed by atoms with E-state index < -0.39 is 18.7 Å². The summed E-state index contributed by atoms with van der Waals surface area (Å²) in [6, 6.07) is 5.65. The molecule has 1 unspecified atom stereocenters. The third kappa shape index (κ3) is 5.63. The van der Waals surface area contributed by atoms with Crippen LogP contribution >= 0.6 is 0 Å². The number of carbonyl (C=O) groups excluding carboxylic acids is 1. The van der Waals surface area contributed by atoms with Crippen molar-refractivity contribution in [2.45, 2.75) is 26.1 Å². The zero-order valence-corrected chi connectivity index (χ0v) is 13.6. The molecule has 0 fully saturated rings. The van der Waals surface area contributed by atoms with Crippen molar-refractivity contribution in [3.8, 4) is 5.75 Å². The highest BCUT2D eigenvalue weighted by Gasteiger charge is 2.28. The van der Waals surface area contributed by atoms with Gasteiger partial charge < -0.3 is 15.8 Å². The molecule has 25 heavy (non-hydrogen) atoms. The fourth-order valence-corrected chi connectivity index (χ4v) is 2.09. The first kappa shape index (κ1) is 18.5. The Kier molecular flexibility index (Phi) is 5.45. The van der Waals surface area contributed by atoms with E-state index in [2.05, 4.69) is 20.0 Å². The molecule has 0 radical (unpaired) electrons. The zero-order chi connectivity index (χ0) is 18.6. The SMILES string of the molecule is Cc1cc(C(C)NC(=O)c2ccc(OCC(F)(F)F)cn2)cc(N)n1. The van der Waals surface area contributed by atoms with Crippen LogP contribution in [0.2, 0.25) is 0 Å². The van der Waals surface area contributed by atoms with Crippen molar-refractivity contribution in [1.82, 2.24) is 15.3 Å². The first-order valence-electron chi connectivity index (χ1n) is 7.34. The standard InChI is InChI=1S/C16H17F3N4O2/c1-9-5-11(6-14(20)22-9)10(2)23-15(24)13-4-3-12(7-21-13)25-8-16(17,18)19/h3-7,10H,8H2,1-2H3,(H2,20,22)(H,23,24). The van der Waals surface area contributed by atoms with Crippen molar-refractivity contribution in [3.63, 3.8) is 0 Å². The number of nitrogen functional groups attached to an aromatic ring is 1. The van der Waals surface area contributed by atoms with Gasteiger partial charge in [0.25, 0.3) is 5.91 Å². The lowest BCUT2D eigenvalue weighted by Gasteiger charge is -2.15. The van der Waals surface area contributed by atoms with Gasteiger partial charge in [-0.2, -0.15) is 13.2 Å². The van der Waals surface area contributed by atoms with Crippen molar-refractivity contribution >= 4 is 11.7 Å². The number of amides is 1. The van der Waals surface area contributed by atoms with Gasteiger partial charge in [-0.25, -0.2) is 9.97 Å². The van der Waals surface area contributed by atoms with Crippen LogP contribution in [0.5, 0.6) is 5.75 Å². The van der Waals surface area contributed by atoms with E-state index in [1.165, 1.54) is 12.1 Å². The molecule has 0 saturated heterocycles. The molecule has 2 heterocycles. The summed E-state index contributed by atoms with van der Waals surface area (Å²) in [5.74, 6) is -0.192. The number of carbonyl (C=O) groups is 1. The molecule has 6 nitrogen and oxygen atoms in total. The first-order chi connectivity index (χ1) is 11.6. The van der Waals surface area contributed by atoms with E-state index in [4.69, 9.17) is 5.73 Å². The molecule has 2 rings (SSSR count). The van der Waals surface area contributed by atoms with Crippen molar-refractivity contribution in [2.75, 3.05) is 12.3 Å². The third-order valence-corrected chi connectivity index (χ3v) is 3.21. The lowest BCUT2D eigenvalue weighted by atomic mass is 10.1. The Morgan fingerprint density at radius 3 is 2.64 bits per heavy atom. The number of hydrogen-bond acceptors (Lipinski definition) is 5. The van der Waals surface area contributed by atoms with Crippen molar-refractivity contribution < 1.29 is 22.7 Å². The maximum absolute atomic E-state index is 12.2. The molecule has 2 aromatic heterocycles. The Balaban J connectivity index is 2.00. The summed E-state index contributed by atoms with van der Waals surface area (Å²) in [4.78, 5) is 20.1. The van der Waals surface area contributed by atoms with Crippen molar-refractivity contribution in [1.29, 1.82) is 0 Å². The minimum absolute atomic E-state index is 0.0601. The Bertz CT molecular complexity index is 728. The van der Waals surface area contributed by atoms with E-state index in [1.54, 1.807) is 26.0 Å². The second kappa shape index (κ2) is 7.37. The number of aromatic nitrogens is 2. The Labute approximate surface area is 142 Å². The lowest BCUT2D eigenvalue weighted by Crippen LogP contribution is -2.27. The molecule has 0 saturated carbocycles. The summed E-state index contributed by atoms with van der Waals surface area (Å²) in [6.45, 7) is 2.14. The molecule has 2 aromatic rings. The average Bonchev–Trinajstić information content (AvgIpc) is 2.51. The van der Waals surface area contributed by atoms with Gasteiger partial charge in [-0.3, -0.25) is 4.79 Å². The van der Waals surface area contributed by atoms with E-state index in [-0.39, 0.29) is 17.5 Å². The summed E-state index contributed by atoms with van der Waals surface area (Å²) in [5.41, 5.74) is 7.25. The Morgan fingerprint density at radius 1 is 1.36 bits per heavy atom. The number of pyridine rings is 2. The largest absolute Gasteiger partial charge is 0.483 e. The van der Waals surface area contributed by atoms with Gasteiger partial charge in [0.05, 0.1) is 12.2 Å². The van der Waals surface area contributed by atoms with Crippen LogP contribution in [0.1, 0.15) is 34.7 Å². The second-order valence-electron chi connectivity index (χ2n) is 5.44. The van der Waals surface area contributed by atoms with E-state index in [1.807, 2.05) is 0 Å². The summed E-state index contributed by atoms with van der Waals surface area (Å²) in [5, 5.41) is 2.74. The van der Waals surface area contributed by atoms with Crippen LogP contribution in [-0.4, -0.2) is 28.7 Å². The molecular weight excluding hydrogens is 337 g/mol. The minimum Gasteiger partial charge on any atom is -0.483 e. The number of rotatable bonds is 5. The number of aryl methyl sites for hydroxylation is 1. The zero-order valence-electron chi connectivity index (χ0n) is 13.6. The summed E-state index contributed by atoms with van der Waals surface area (Å²) >= 11 is 0. The predicted molar refractivity (Wildman–Crippen MR) is 85.1 cm³/mol. The highest BCUT2D eigenvalue weighted by Crippen LogP contribution is 2.19. The maximum Gasteiger partial charge on any atom is 0.422 e. The Hall–Kier alpha value is -2.84. The van der Waals surface area contributed by atoms with E-state index in [0.29, 0.717) is 5.82 Å². The number of ether oxygens (including phenoxy) is 1. The van der Waals surface area contributed by atoms with Crippen LogP contribution in [0.15, 0.2) is 30.5 Å². The van der Waals surface area contributed by atoms with Crippen LogP contribution in [0, 0.1) is 6.92 Å². The molecule has 0 bridgehead atoms. The molecule has 1 atom stereocenters. The number of anilines is 1. The summed E-state index contributed by atoms with van der Waals surface area (Å²) in [6.07, 6.45) is -3.37. The third-order valence-electron chi connectivity index (χ3n) is 3.21. The highest BCUT2D eigenvalue weighted by molar-refractivity contribution is 5.92. The number of nitrogens with zero attached hydrogens (tertiary/aromatic N) is 2.